The molecule has 4 unspecified atom stereocenters. The minimum Gasteiger partial charge on any atom is -0.394 e. The number of aliphatic hydroxyl groups is 3. The molecule has 8 nitrogen and oxygen atoms in total. The molecule has 180 valence electrons. The molecule has 0 aliphatic carbocycles. The van der Waals surface area contributed by atoms with Gasteiger partial charge in [0.1, 0.15) is 18.3 Å². The monoisotopic (exact) mass is 507 g/mol. The molecule has 0 spiro atoms. The van der Waals surface area contributed by atoms with Crippen LogP contribution in [-0.4, -0.2) is 55.9 Å². The molecule has 2 aromatic rings. The van der Waals surface area contributed by atoms with E-state index in [4.69, 9.17) is 22.2 Å². The van der Waals surface area contributed by atoms with Crippen LogP contribution in [-0.2, 0) is 15.5 Å². The molecule has 6 atom stereocenters. The van der Waals surface area contributed by atoms with Gasteiger partial charge in [-0.1, -0.05) is 11.6 Å². The molecule has 1 aliphatic heterocycles. The van der Waals surface area contributed by atoms with E-state index in [1.807, 2.05) is 0 Å². The minimum atomic E-state index is -1.92. The Kier molecular flexibility index (Phi) is 8.34. The van der Waals surface area contributed by atoms with Crippen molar-refractivity contribution in [1.82, 2.24) is 10.7 Å². The van der Waals surface area contributed by atoms with Gasteiger partial charge < -0.3 is 30.8 Å². The van der Waals surface area contributed by atoms with Crippen molar-refractivity contribution in [2.45, 2.75) is 34.7 Å². The molecule has 0 saturated carbocycles. The molecule has 1 saturated heterocycles. The molecular formula is C20H21ClF3N3O5S. The average Bonchev–Trinajstić information content (AvgIpc) is 2.79. The smallest absolute Gasteiger partial charge is 0.194 e. The summed E-state index contributed by atoms with van der Waals surface area (Å²) in [5, 5.41) is 33.9. The maximum Gasteiger partial charge on any atom is 0.194 e. The fraction of sp³-hybridized carbons (Fsp3) is 0.300. The maximum absolute atomic E-state index is 13.6. The predicted octanol–water partition coefficient (Wildman–Crippen LogP) is 0.724. The van der Waals surface area contributed by atoms with Gasteiger partial charge in [-0.15, -0.1) is 0 Å². The van der Waals surface area contributed by atoms with E-state index in [0.717, 1.165) is 6.20 Å². The molecule has 0 bridgehead atoms. The highest BCUT2D eigenvalue weighted by Crippen LogP contribution is 2.27. The van der Waals surface area contributed by atoms with Gasteiger partial charge in [0.2, 0.25) is 0 Å². The zero-order valence-electron chi connectivity index (χ0n) is 16.8. The van der Waals surface area contributed by atoms with Crippen LogP contribution in [0, 0.1) is 17.5 Å². The molecule has 1 heterocycles. The van der Waals surface area contributed by atoms with Crippen LogP contribution in [0.5, 0.6) is 0 Å². The van der Waals surface area contributed by atoms with E-state index in [1.165, 1.54) is 24.3 Å². The Bertz CT molecular complexity index is 1020. The summed E-state index contributed by atoms with van der Waals surface area (Å²) in [6.45, 7) is -0.652. The van der Waals surface area contributed by atoms with Gasteiger partial charge in [-0.2, -0.15) is 0 Å². The Morgan fingerprint density at radius 3 is 2.30 bits per heavy atom. The van der Waals surface area contributed by atoms with Crippen molar-refractivity contribution in [3.05, 3.63) is 70.6 Å². The van der Waals surface area contributed by atoms with Crippen molar-refractivity contribution in [3.63, 3.8) is 0 Å². The van der Waals surface area contributed by atoms with Crippen molar-refractivity contribution in [1.29, 1.82) is 0 Å². The lowest BCUT2D eigenvalue weighted by molar-refractivity contribution is -0.165. The van der Waals surface area contributed by atoms with Crippen LogP contribution in [0.2, 0.25) is 5.02 Å². The molecule has 1 aliphatic rings. The van der Waals surface area contributed by atoms with Gasteiger partial charge >= 0.3 is 0 Å². The molecule has 3 rings (SSSR count). The Labute approximate surface area is 194 Å². The molecule has 33 heavy (non-hydrogen) atoms. The summed E-state index contributed by atoms with van der Waals surface area (Å²) < 4.78 is 58.9. The van der Waals surface area contributed by atoms with E-state index in [-0.39, 0.29) is 16.2 Å². The fourth-order valence-electron chi connectivity index (χ4n) is 3.26. The highest BCUT2D eigenvalue weighted by Gasteiger charge is 2.46. The van der Waals surface area contributed by atoms with Crippen LogP contribution in [0.4, 0.5) is 13.2 Å². The lowest BCUT2D eigenvalue weighted by Crippen LogP contribution is -2.63. The second-order valence-corrected chi connectivity index (χ2v) is 9.07. The number of rotatable bonds is 7. The van der Waals surface area contributed by atoms with Crippen LogP contribution in [0.1, 0.15) is 5.56 Å². The Hall–Kier alpha value is -2.19. The number of benzene rings is 2. The van der Waals surface area contributed by atoms with E-state index in [0.29, 0.717) is 17.2 Å². The van der Waals surface area contributed by atoms with Gasteiger partial charge in [-0.3, -0.25) is 10.1 Å². The van der Waals surface area contributed by atoms with Gasteiger partial charge in [-0.05, 0) is 36.4 Å². The number of hydrazine groups is 1. The van der Waals surface area contributed by atoms with Crippen LogP contribution in [0.3, 0.4) is 0 Å². The number of ether oxygens (including phenoxy) is 1. The van der Waals surface area contributed by atoms with Crippen molar-refractivity contribution in [3.8, 4) is 0 Å². The quantitative estimate of drug-likeness (QED) is 0.183. The standard InChI is InChI=1S/C20H21ClF3N3O5S/c21-10-1-3-11(4-2-10)33(31)20-19(30)17(18(29)15(8-28)32-20)26-7-14(27-25)9-5-12(22)16(24)13(23)6-9/h1-7,15,17-20,26-30H,8,25H2/b14-7-/t15?,17?,18-,19?,20+,33?/m0/s1. The third-order valence-corrected chi connectivity index (χ3v) is 6.81. The topological polar surface area (TPSA) is 137 Å². The fourth-order valence-corrected chi connectivity index (χ4v) is 4.73. The Balaban J connectivity index is 1.88. The third-order valence-electron chi connectivity index (χ3n) is 5.01. The van der Waals surface area contributed by atoms with Gasteiger partial charge in [0, 0.05) is 21.7 Å². The number of hydrogen-bond donors (Lipinski definition) is 6. The second-order valence-electron chi connectivity index (χ2n) is 7.11. The number of nitrogens with one attached hydrogen (secondary N) is 2. The van der Waals surface area contributed by atoms with Crippen LogP contribution >= 0.6 is 11.6 Å². The summed E-state index contributed by atoms with van der Waals surface area (Å²) in [5.74, 6) is 0.847. The summed E-state index contributed by atoms with van der Waals surface area (Å²) in [6.07, 6.45) is -3.15. The highest BCUT2D eigenvalue weighted by atomic mass is 35.5. The zero-order chi connectivity index (χ0) is 24.3. The van der Waals surface area contributed by atoms with Gasteiger partial charge in [0.25, 0.3) is 0 Å². The van der Waals surface area contributed by atoms with Crippen molar-refractivity contribution in [2.75, 3.05) is 6.61 Å². The molecule has 0 amide bonds. The van der Waals surface area contributed by atoms with E-state index in [2.05, 4.69) is 10.7 Å². The first-order chi connectivity index (χ1) is 15.7. The van der Waals surface area contributed by atoms with E-state index < -0.39 is 64.6 Å². The normalized spacial score (nSPS) is 26.7. The Morgan fingerprint density at radius 1 is 1.15 bits per heavy atom. The molecular weight excluding hydrogens is 487 g/mol. The molecule has 13 heteroatoms. The van der Waals surface area contributed by atoms with Crippen LogP contribution < -0.4 is 16.6 Å². The summed E-state index contributed by atoms with van der Waals surface area (Å²) in [5.41, 5.74) is 0.539. The van der Waals surface area contributed by atoms with Gasteiger partial charge in [0.15, 0.2) is 22.9 Å². The first kappa shape index (κ1) is 25.4. The first-order valence-corrected chi connectivity index (χ1v) is 11.1. The minimum absolute atomic E-state index is 0.116. The van der Waals surface area contributed by atoms with E-state index >= 15 is 0 Å². The zero-order valence-corrected chi connectivity index (χ0v) is 18.4. The average molecular weight is 508 g/mol. The van der Waals surface area contributed by atoms with E-state index in [9.17, 15) is 32.7 Å². The largest absolute Gasteiger partial charge is 0.394 e. The lowest BCUT2D eigenvalue weighted by Gasteiger charge is -2.42. The summed E-state index contributed by atoms with van der Waals surface area (Å²) >= 11 is 5.84. The molecule has 7 N–H and O–H groups in total. The SMILES string of the molecule is NN/C(=C\NC1C(O)[C@@H](S(=O)c2ccc(Cl)cc2)OC(CO)[C@@H]1O)c1cc(F)c(F)c(F)c1. The number of halogens is 4. The first-order valence-electron chi connectivity index (χ1n) is 9.54. The number of nitrogens with two attached hydrogens (primary N) is 1. The van der Waals surface area contributed by atoms with Crippen LogP contribution in [0.15, 0.2) is 47.5 Å². The predicted molar refractivity (Wildman–Crippen MR) is 114 cm³/mol. The number of hydrogen-bond acceptors (Lipinski definition) is 8. The van der Waals surface area contributed by atoms with Gasteiger partial charge in [-0.25, -0.2) is 13.2 Å². The molecule has 0 aromatic heterocycles. The summed E-state index contributed by atoms with van der Waals surface area (Å²) in [6, 6.07) is 6.10. The molecule has 2 aromatic carbocycles. The molecule has 1 fully saturated rings. The summed E-state index contributed by atoms with van der Waals surface area (Å²) in [4.78, 5) is 0.285. The third kappa shape index (κ3) is 5.49. The molecule has 0 radical (unpaired) electrons. The van der Waals surface area contributed by atoms with E-state index in [1.54, 1.807) is 0 Å². The van der Waals surface area contributed by atoms with Crippen molar-refractivity contribution >= 4 is 28.1 Å². The lowest BCUT2D eigenvalue weighted by atomic mass is 9.97. The highest BCUT2D eigenvalue weighted by molar-refractivity contribution is 7.85. The van der Waals surface area contributed by atoms with Crippen molar-refractivity contribution in [2.24, 2.45) is 5.84 Å². The Morgan fingerprint density at radius 2 is 1.76 bits per heavy atom. The van der Waals surface area contributed by atoms with Crippen molar-refractivity contribution < 1.29 is 37.4 Å². The maximum atomic E-state index is 13.6. The second kappa shape index (κ2) is 10.8. The van der Waals surface area contributed by atoms with Gasteiger partial charge in [0.05, 0.1) is 29.1 Å². The number of aliphatic hydroxyl groups excluding tert-OH is 3. The summed E-state index contributed by atoms with van der Waals surface area (Å²) in [7, 11) is -1.92. The van der Waals surface area contributed by atoms with Crippen LogP contribution in [0.25, 0.3) is 5.70 Å².